The van der Waals surface area contributed by atoms with Gasteiger partial charge in [0, 0.05) is 18.5 Å². The Bertz CT molecular complexity index is 541. The first-order chi connectivity index (χ1) is 10.1. The molecule has 2 heterocycles. The quantitative estimate of drug-likeness (QED) is 0.793. The van der Waals surface area contributed by atoms with Crippen molar-refractivity contribution in [2.75, 3.05) is 20.2 Å². The van der Waals surface area contributed by atoms with Gasteiger partial charge in [-0.15, -0.1) is 21.5 Å². The van der Waals surface area contributed by atoms with E-state index in [4.69, 9.17) is 4.74 Å². The maximum Gasteiger partial charge on any atom is 0.146 e. The maximum atomic E-state index is 9.99. The van der Waals surface area contributed by atoms with Crippen LogP contribution in [-0.2, 0) is 24.9 Å². The lowest BCUT2D eigenvalue weighted by atomic mass is 10.3. The summed E-state index contributed by atoms with van der Waals surface area (Å²) in [6, 6.07) is 4.02. The van der Waals surface area contributed by atoms with Gasteiger partial charge < -0.3 is 14.4 Å². The van der Waals surface area contributed by atoms with Crippen molar-refractivity contribution in [2.45, 2.75) is 26.2 Å². The smallest absolute Gasteiger partial charge is 0.146 e. The van der Waals surface area contributed by atoms with Crippen molar-refractivity contribution in [3.63, 3.8) is 0 Å². The van der Waals surface area contributed by atoms with Gasteiger partial charge in [-0.1, -0.05) is 6.07 Å². The van der Waals surface area contributed by atoms with Crippen LogP contribution >= 0.6 is 11.3 Å². The molecule has 0 amide bonds. The summed E-state index contributed by atoms with van der Waals surface area (Å²) in [6.45, 7) is 4.00. The molecule has 0 fully saturated rings. The molecule has 0 saturated carbocycles. The first-order valence-electron chi connectivity index (χ1n) is 6.88. The van der Waals surface area contributed by atoms with Crippen LogP contribution in [0, 0.1) is 6.92 Å². The van der Waals surface area contributed by atoms with Gasteiger partial charge in [-0.3, -0.25) is 4.90 Å². The second-order valence-electron chi connectivity index (χ2n) is 5.17. The van der Waals surface area contributed by atoms with Crippen molar-refractivity contribution in [3.8, 4) is 0 Å². The van der Waals surface area contributed by atoms with E-state index in [1.165, 1.54) is 4.88 Å². The molecule has 1 N–H and O–H groups in total. The normalized spacial score (nSPS) is 13.0. The van der Waals surface area contributed by atoms with Crippen molar-refractivity contribution in [1.29, 1.82) is 0 Å². The number of aliphatic hydroxyl groups is 1. The van der Waals surface area contributed by atoms with E-state index in [-0.39, 0.29) is 0 Å². The molecule has 6 nitrogen and oxygen atoms in total. The molecule has 1 unspecified atom stereocenters. The van der Waals surface area contributed by atoms with Crippen molar-refractivity contribution in [1.82, 2.24) is 19.7 Å². The molecule has 0 bridgehead atoms. The summed E-state index contributed by atoms with van der Waals surface area (Å²) in [5, 5.41) is 20.2. The molecule has 2 rings (SSSR count). The summed E-state index contributed by atoms with van der Waals surface area (Å²) in [6.07, 6.45) is -0.510. The van der Waals surface area contributed by atoms with Gasteiger partial charge in [0.2, 0.25) is 0 Å². The lowest BCUT2D eigenvalue weighted by Gasteiger charge is -2.20. The predicted molar refractivity (Wildman–Crippen MR) is 82.1 cm³/mol. The largest absolute Gasteiger partial charge is 0.389 e. The van der Waals surface area contributed by atoms with Gasteiger partial charge in [-0.2, -0.15) is 0 Å². The number of hydrogen-bond acceptors (Lipinski definition) is 6. The van der Waals surface area contributed by atoms with Crippen LogP contribution in [0.3, 0.4) is 0 Å². The summed E-state index contributed by atoms with van der Waals surface area (Å²) in [5.41, 5.74) is 0. The molecule has 0 aliphatic rings. The topological polar surface area (TPSA) is 63.4 Å². The molecule has 21 heavy (non-hydrogen) atoms. The van der Waals surface area contributed by atoms with Gasteiger partial charge in [-0.25, -0.2) is 0 Å². The lowest BCUT2D eigenvalue weighted by molar-refractivity contribution is 0.0131. The van der Waals surface area contributed by atoms with Crippen LogP contribution in [0.25, 0.3) is 0 Å². The summed E-state index contributed by atoms with van der Waals surface area (Å²) < 4.78 is 7.47. The molecule has 0 radical (unpaired) electrons. The van der Waals surface area contributed by atoms with Crippen molar-refractivity contribution in [2.24, 2.45) is 7.05 Å². The predicted octanol–water partition coefficient (Wildman–Crippen LogP) is 1.19. The van der Waals surface area contributed by atoms with E-state index in [0.717, 1.165) is 11.6 Å². The molecule has 2 aromatic heterocycles. The number of nitrogens with zero attached hydrogens (tertiary/aromatic N) is 4. The van der Waals surface area contributed by atoms with E-state index in [1.54, 1.807) is 11.3 Å². The lowest BCUT2D eigenvalue weighted by Crippen LogP contribution is -2.32. The number of hydrogen-bond donors (Lipinski definition) is 1. The second kappa shape index (κ2) is 7.65. The van der Waals surface area contributed by atoms with E-state index >= 15 is 0 Å². The first-order valence-corrected chi connectivity index (χ1v) is 7.76. The Morgan fingerprint density at radius 1 is 1.48 bits per heavy atom. The Balaban J connectivity index is 1.69. The zero-order valence-corrected chi connectivity index (χ0v) is 13.5. The molecule has 0 aliphatic heterocycles. The highest BCUT2D eigenvalue weighted by Gasteiger charge is 2.12. The fourth-order valence-electron chi connectivity index (χ4n) is 2.00. The monoisotopic (exact) mass is 310 g/mol. The van der Waals surface area contributed by atoms with E-state index in [2.05, 4.69) is 10.2 Å². The van der Waals surface area contributed by atoms with E-state index in [9.17, 15) is 5.11 Å². The first kappa shape index (κ1) is 16.1. The molecule has 116 valence electrons. The number of aryl methyl sites for hydroxylation is 1. The number of aliphatic hydroxyl groups excluding tert-OH is 1. The van der Waals surface area contributed by atoms with E-state index in [1.807, 2.05) is 48.0 Å². The molecule has 1 atom stereocenters. The van der Waals surface area contributed by atoms with E-state index < -0.39 is 6.10 Å². The summed E-state index contributed by atoms with van der Waals surface area (Å²) in [7, 11) is 3.89. The van der Waals surface area contributed by atoms with Gasteiger partial charge in [0.05, 0.1) is 25.9 Å². The summed E-state index contributed by atoms with van der Waals surface area (Å²) in [4.78, 5) is 3.19. The number of aromatic nitrogens is 3. The maximum absolute atomic E-state index is 9.99. The van der Waals surface area contributed by atoms with E-state index in [0.29, 0.717) is 26.3 Å². The average Bonchev–Trinajstić information content (AvgIpc) is 3.04. The molecule has 2 aromatic rings. The third-order valence-electron chi connectivity index (χ3n) is 3.25. The van der Waals surface area contributed by atoms with Crippen LogP contribution in [0.15, 0.2) is 17.5 Å². The standard InChI is InChI=1S/C14H22N4O2S/c1-11-15-16-14(18(11)3)8-17(2)7-12(19)9-20-10-13-5-4-6-21-13/h4-6,12,19H,7-10H2,1-3H3. The minimum absolute atomic E-state index is 0.333. The van der Waals surface area contributed by atoms with Crippen molar-refractivity contribution >= 4 is 11.3 Å². The van der Waals surface area contributed by atoms with Crippen LogP contribution in [0.2, 0.25) is 0 Å². The number of ether oxygens (including phenoxy) is 1. The molecule has 0 saturated heterocycles. The third-order valence-corrected chi connectivity index (χ3v) is 4.10. The fraction of sp³-hybridized carbons (Fsp3) is 0.571. The summed E-state index contributed by atoms with van der Waals surface area (Å²) in [5.74, 6) is 1.78. The average molecular weight is 310 g/mol. The SMILES string of the molecule is Cc1nnc(CN(C)CC(O)COCc2cccs2)n1C. The molecule has 0 aromatic carbocycles. The highest BCUT2D eigenvalue weighted by atomic mass is 32.1. The van der Waals surface area contributed by atoms with Crippen LogP contribution in [0.4, 0.5) is 0 Å². The Morgan fingerprint density at radius 2 is 2.29 bits per heavy atom. The Kier molecular flexibility index (Phi) is 5.86. The minimum Gasteiger partial charge on any atom is -0.389 e. The number of likely N-dealkylation sites (N-methyl/N-ethyl adjacent to an activating group) is 1. The molecule has 0 aliphatic carbocycles. The van der Waals surface area contributed by atoms with Crippen molar-refractivity contribution < 1.29 is 9.84 Å². The fourth-order valence-corrected chi connectivity index (χ4v) is 2.64. The molecular weight excluding hydrogens is 288 g/mol. The van der Waals surface area contributed by atoms with Crippen LogP contribution in [0.1, 0.15) is 16.5 Å². The zero-order chi connectivity index (χ0) is 15.2. The van der Waals surface area contributed by atoms with Gasteiger partial charge in [0.15, 0.2) is 0 Å². The van der Waals surface area contributed by atoms with Crippen molar-refractivity contribution in [3.05, 3.63) is 34.0 Å². The van der Waals surface area contributed by atoms with Gasteiger partial charge in [-0.05, 0) is 25.4 Å². The molecule has 0 spiro atoms. The van der Waals surface area contributed by atoms with Crippen LogP contribution in [-0.4, -0.2) is 51.1 Å². The van der Waals surface area contributed by atoms with Gasteiger partial charge in [0.25, 0.3) is 0 Å². The number of rotatable bonds is 8. The highest BCUT2D eigenvalue weighted by Crippen LogP contribution is 2.10. The molecule has 7 heteroatoms. The second-order valence-corrected chi connectivity index (χ2v) is 6.20. The third kappa shape index (κ3) is 4.89. The minimum atomic E-state index is -0.510. The summed E-state index contributed by atoms with van der Waals surface area (Å²) >= 11 is 1.66. The van der Waals surface area contributed by atoms with Gasteiger partial charge >= 0.3 is 0 Å². The zero-order valence-electron chi connectivity index (χ0n) is 12.7. The Morgan fingerprint density at radius 3 is 2.90 bits per heavy atom. The van der Waals surface area contributed by atoms with Crippen LogP contribution < -0.4 is 0 Å². The highest BCUT2D eigenvalue weighted by molar-refractivity contribution is 7.09. The Labute approximate surface area is 129 Å². The Hall–Kier alpha value is -1.28. The van der Waals surface area contributed by atoms with Gasteiger partial charge in [0.1, 0.15) is 11.6 Å². The van der Waals surface area contributed by atoms with Crippen LogP contribution in [0.5, 0.6) is 0 Å². The number of thiophene rings is 1. The molecular formula is C14H22N4O2S.